The Kier molecular flexibility index (Phi) is 5.49. The Morgan fingerprint density at radius 2 is 2.04 bits per heavy atom. The molecule has 0 bridgehead atoms. The Hall–Kier alpha value is -2.11. The van der Waals surface area contributed by atoms with E-state index >= 15 is 0 Å². The molecular formula is C20H28N2O4. The van der Waals surface area contributed by atoms with E-state index in [1.807, 2.05) is 4.90 Å². The number of carbonyl (C=O) groups is 2. The lowest BCUT2D eigenvalue weighted by Gasteiger charge is -2.47. The maximum absolute atomic E-state index is 12.8. The number of carbonyl (C=O) groups excluding carboxylic acids is 2. The highest BCUT2D eigenvalue weighted by Gasteiger charge is 2.40. The smallest absolute Gasteiger partial charge is 0.289 e. The number of nitrogens with zero attached hydrogens (tertiary/aromatic N) is 2. The Balaban J connectivity index is 1.70. The molecule has 6 nitrogen and oxygen atoms in total. The summed E-state index contributed by atoms with van der Waals surface area (Å²) >= 11 is 0. The topological polar surface area (TPSA) is 70.8 Å². The van der Waals surface area contributed by atoms with Crippen molar-refractivity contribution in [2.75, 3.05) is 19.6 Å². The minimum Gasteiger partial charge on any atom is -0.456 e. The van der Waals surface area contributed by atoms with Crippen LogP contribution in [0.3, 0.4) is 0 Å². The third kappa shape index (κ3) is 4.00. The summed E-state index contributed by atoms with van der Waals surface area (Å²) in [5, 5.41) is 0. The van der Waals surface area contributed by atoms with E-state index in [9.17, 15) is 14.4 Å². The predicted octanol–water partition coefficient (Wildman–Crippen LogP) is 2.45. The number of likely N-dealkylation sites (tertiary alicyclic amines) is 2. The number of piperidine rings is 2. The van der Waals surface area contributed by atoms with Crippen LogP contribution in [0.25, 0.3) is 0 Å². The Bertz CT molecular complexity index is 740. The minimum atomic E-state index is -0.227. The van der Waals surface area contributed by atoms with Crippen LogP contribution in [0.4, 0.5) is 0 Å². The van der Waals surface area contributed by atoms with Crippen LogP contribution in [0.5, 0.6) is 0 Å². The average Bonchev–Trinajstić information content (AvgIpc) is 2.58. The zero-order valence-corrected chi connectivity index (χ0v) is 15.9. The summed E-state index contributed by atoms with van der Waals surface area (Å²) in [7, 11) is 0. The van der Waals surface area contributed by atoms with E-state index in [2.05, 4.69) is 13.8 Å². The second-order valence-electron chi connectivity index (χ2n) is 7.94. The molecule has 2 aliphatic heterocycles. The molecule has 0 aliphatic carbocycles. The Morgan fingerprint density at radius 1 is 1.27 bits per heavy atom. The molecule has 6 heteroatoms. The molecule has 26 heavy (non-hydrogen) atoms. The van der Waals surface area contributed by atoms with Gasteiger partial charge in [-0.1, -0.05) is 13.8 Å². The van der Waals surface area contributed by atoms with Crippen molar-refractivity contribution < 1.29 is 14.0 Å². The number of hydrogen-bond donors (Lipinski definition) is 0. The van der Waals surface area contributed by atoms with Gasteiger partial charge in [-0.05, 0) is 38.0 Å². The van der Waals surface area contributed by atoms with E-state index in [0.717, 1.165) is 25.8 Å². The van der Waals surface area contributed by atoms with Gasteiger partial charge in [-0.15, -0.1) is 0 Å². The minimum absolute atomic E-state index is 0.108. The highest BCUT2D eigenvalue weighted by atomic mass is 16.3. The number of fused-ring (bicyclic) bond motifs is 1. The van der Waals surface area contributed by atoms with Gasteiger partial charge in [-0.3, -0.25) is 14.4 Å². The first kappa shape index (κ1) is 18.7. The standard InChI is InChI=1S/C20H28N2O4/c1-13(2)6-9-22-17-7-8-21(12-15(17)4-5-19(22)24)20(25)18-11-16(23)10-14(3)26-18/h10-11,13,15,17H,4-9,12H2,1-3H3/t15-,17+/m0/s1. The molecule has 0 spiro atoms. The highest BCUT2D eigenvalue weighted by Crippen LogP contribution is 2.32. The molecule has 0 N–H and O–H groups in total. The number of amides is 2. The van der Waals surface area contributed by atoms with Gasteiger partial charge in [0.15, 0.2) is 11.2 Å². The molecule has 2 atom stereocenters. The van der Waals surface area contributed by atoms with Crippen molar-refractivity contribution in [3.05, 3.63) is 33.9 Å². The predicted molar refractivity (Wildman–Crippen MR) is 97.9 cm³/mol. The van der Waals surface area contributed by atoms with Crippen LogP contribution >= 0.6 is 0 Å². The van der Waals surface area contributed by atoms with Crippen LogP contribution in [0.2, 0.25) is 0 Å². The van der Waals surface area contributed by atoms with Crippen LogP contribution in [0.1, 0.15) is 55.8 Å². The molecule has 1 aromatic heterocycles. The van der Waals surface area contributed by atoms with Crippen molar-refractivity contribution in [1.82, 2.24) is 9.80 Å². The zero-order chi connectivity index (χ0) is 18.8. The fraction of sp³-hybridized carbons (Fsp3) is 0.650. The molecule has 1 aromatic rings. The van der Waals surface area contributed by atoms with E-state index in [1.54, 1.807) is 11.8 Å². The molecule has 2 saturated heterocycles. The van der Waals surface area contributed by atoms with Gasteiger partial charge >= 0.3 is 0 Å². The summed E-state index contributed by atoms with van der Waals surface area (Å²) < 4.78 is 5.46. The highest BCUT2D eigenvalue weighted by molar-refractivity contribution is 5.91. The summed E-state index contributed by atoms with van der Waals surface area (Å²) in [5.74, 6) is 1.44. The Morgan fingerprint density at radius 3 is 2.73 bits per heavy atom. The van der Waals surface area contributed by atoms with Gasteiger partial charge in [-0.25, -0.2) is 0 Å². The van der Waals surface area contributed by atoms with E-state index in [4.69, 9.17) is 4.42 Å². The van der Waals surface area contributed by atoms with E-state index in [1.165, 1.54) is 12.1 Å². The summed E-state index contributed by atoms with van der Waals surface area (Å²) in [4.78, 5) is 40.6. The lowest BCUT2D eigenvalue weighted by molar-refractivity contribution is -0.140. The molecule has 2 aliphatic rings. The maximum atomic E-state index is 12.8. The molecule has 0 radical (unpaired) electrons. The van der Waals surface area contributed by atoms with Gasteiger partial charge in [0.05, 0.1) is 0 Å². The fourth-order valence-electron chi connectivity index (χ4n) is 4.09. The second kappa shape index (κ2) is 7.64. The Labute approximate surface area is 154 Å². The van der Waals surface area contributed by atoms with Crippen LogP contribution in [0.15, 0.2) is 21.3 Å². The molecule has 3 heterocycles. The van der Waals surface area contributed by atoms with Gasteiger partial charge in [-0.2, -0.15) is 0 Å². The fourth-order valence-corrected chi connectivity index (χ4v) is 4.09. The summed E-state index contributed by atoms with van der Waals surface area (Å²) in [6, 6.07) is 2.87. The van der Waals surface area contributed by atoms with E-state index in [0.29, 0.717) is 37.1 Å². The van der Waals surface area contributed by atoms with Crippen molar-refractivity contribution >= 4 is 11.8 Å². The number of rotatable bonds is 4. The van der Waals surface area contributed by atoms with Gasteiger partial charge in [0, 0.05) is 44.2 Å². The number of hydrogen-bond acceptors (Lipinski definition) is 4. The van der Waals surface area contributed by atoms with Crippen molar-refractivity contribution in [2.24, 2.45) is 11.8 Å². The lowest BCUT2D eigenvalue weighted by Crippen LogP contribution is -2.57. The van der Waals surface area contributed by atoms with Gasteiger partial charge in [0.2, 0.25) is 5.91 Å². The third-order valence-corrected chi connectivity index (χ3v) is 5.48. The van der Waals surface area contributed by atoms with Crippen molar-refractivity contribution in [2.45, 2.75) is 52.5 Å². The second-order valence-corrected chi connectivity index (χ2v) is 7.94. The molecule has 142 valence electrons. The normalized spacial score (nSPS) is 23.3. The van der Waals surface area contributed by atoms with Crippen LogP contribution in [-0.2, 0) is 4.79 Å². The first-order valence-corrected chi connectivity index (χ1v) is 9.55. The summed E-state index contributed by atoms with van der Waals surface area (Å²) in [6.45, 7) is 8.02. The molecular weight excluding hydrogens is 332 g/mol. The molecule has 2 amide bonds. The molecule has 2 fully saturated rings. The molecule has 0 saturated carbocycles. The quantitative estimate of drug-likeness (QED) is 0.827. The SMILES string of the molecule is Cc1cc(=O)cc(C(=O)N2CC[C@@H]3[C@@H](CCC(=O)N3CCC(C)C)C2)o1. The van der Waals surface area contributed by atoms with E-state index in [-0.39, 0.29) is 29.0 Å². The lowest BCUT2D eigenvalue weighted by atomic mass is 9.83. The number of aryl methyl sites for hydroxylation is 1. The van der Waals surface area contributed by atoms with Gasteiger partial charge in [0.1, 0.15) is 5.76 Å². The molecule has 3 rings (SSSR count). The van der Waals surface area contributed by atoms with Crippen LogP contribution < -0.4 is 5.43 Å². The van der Waals surface area contributed by atoms with Gasteiger partial charge in [0.25, 0.3) is 5.91 Å². The van der Waals surface area contributed by atoms with Crippen LogP contribution in [0, 0.1) is 18.8 Å². The van der Waals surface area contributed by atoms with Crippen LogP contribution in [-0.4, -0.2) is 47.3 Å². The van der Waals surface area contributed by atoms with Crippen molar-refractivity contribution in [3.63, 3.8) is 0 Å². The monoisotopic (exact) mass is 360 g/mol. The zero-order valence-electron chi connectivity index (χ0n) is 15.9. The van der Waals surface area contributed by atoms with E-state index < -0.39 is 0 Å². The molecule has 0 aromatic carbocycles. The summed E-state index contributed by atoms with van der Waals surface area (Å²) in [5.41, 5.74) is -0.213. The molecule has 0 unspecified atom stereocenters. The first-order valence-electron chi connectivity index (χ1n) is 9.55. The average molecular weight is 360 g/mol. The van der Waals surface area contributed by atoms with Crippen molar-refractivity contribution in [1.29, 1.82) is 0 Å². The van der Waals surface area contributed by atoms with Gasteiger partial charge < -0.3 is 14.2 Å². The van der Waals surface area contributed by atoms with Crippen molar-refractivity contribution in [3.8, 4) is 0 Å². The summed E-state index contributed by atoms with van der Waals surface area (Å²) in [6.07, 6.45) is 3.17. The maximum Gasteiger partial charge on any atom is 0.289 e. The third-order valence-electron chi connectivity index (χ3n) is 5.48. The first-order chi connectivity index (χ1) is 12.3. The largest absolute Gasteiger partial charge is 0.456 e.